The maximum Gasteiger partial charge on any atom is 0.262 e. The molecule has 0 atom stereocenters. The molecule has 0 aliphatic rings. The molecule has 2 aromatic carbocycles. The van der Waals surface area contributed by atoms with Crippen molar-refractivity contribution in [3.63, 3.8) is 0 Å². The van der Waals surface area contributed by atoms with Gasteiger partial charge < -0.3 is 15.4 Å². The van der Waals surface area contributed by atoms with Crippen molar-refractivity contribution in [3.8, 4) is 17.0 Å². The molecule has 0 saturated carbocycles. The number of benzene rings is 2. The summed E-state index contributed by atoms with van der Waals surface area (Å²) in [6, 6.07) is 17.2. The van der Waals surface area contributed by atoms with Crippen molar-refractivity contribution in [1.29, 1.82) is 0 Å². The molecule has 33 heavy (non-hydrogen) atoms. The number of nitrogens with one attached hydrogen (secondary N) is 2. The second-order valence-electron chi connectivity index (χ2n) is 7.72. The number of ether oxygens (including phenoxy) is 1. The lowest BCUT2D eigenvalue weighted by Gasteiger charge is -2.14. The van der Waals surface area contributed by atoms with Crippen molar-refractivity contribution >= 4 is 23.2 Å². The van der Waals surface area contributed by atoms with Gasteiger partial charge in [-0.3, -0.25) is 9.78 Å². The van der Waals surface area contributed by atoms with Gasteiger partial charge in [0.15, 0.2) is 6.61 Å². The van der Waals surface area contributed by atoms with Crippen molar-refractivity contribution in [2.75, 3.05) is 17.2 Å². The summed E-state index contributed by atoms with van der Waals surface area (Å²) in [4.78, 5) is 25.5. The number of aryl methyl sites for hydroxylation is 3. The van der Waals surface area contributed by atoms with Gasteiger partial charge in [-0.25, -0.2) is 9.97 Å². The number of hydrogen-bond donors (Lipinski definition) is 2. The maximum absolute atomic E-state index is 12.5. The number of hydrogen-bond acceptors (Lipinski definition) is 6. The van der Waals surface area contributed by atoms with Crippen LogP contribution in [0.5, 0.6) is 5.75 Å². The molecular formula is C26H25N5O2. The first-order valence-corrected chi connectivity index (χ1v) is 10.6. The average molecular weight is 440 g/mol. The lowest BCUT2D eigenvalue weighted by molar-refractivity contribution is -0.118. The van der Waals surface area contributed by atoms with Crippen LogP contribution in [0.2, 0.25) is 0 Å². The van der Waals surface area contributed by atoms with Crippen molar-refractivity contribution in [2.24, 2.45) is 0 Å². The van der Waals surface area contributed by atoms with Crippen LogP contribution in [0.25, 0.3) is 11.3 Å². The third kappa shape index (κ3) is 5.51. The highest BCUT2D eigenvalue weighted by Gasteiger charge is 2.10. The Kier molecular flexibility index (Phi) is 6.59. The molecule has 166 valence electrons. The molecule has 2 N–H and O–H groups in total. The monoisotopic (exact) mass is 439 g/mol. The Balaban J connectivity index is 1.44. The van der Waals surface area contributed by atoms with E-state index >= 15 is 0 Å². The van der Waals surface area contributed by atoms with E-state index in [0.29, 0.717) is 11.6 Å². The minimum absolute atomic E-state index is 0.0708. The molecule has 0 fully saturated rings. The minimum Gasteiger partial charge on any atom is -0.483 e. The normalized spacial score (nSPS) is 10.5. The molecular weight excluding hydrogens is 414 g/mol. The van der Waals surface area contributed by atoms with Gasteiger partial charge in [0, 0.05) is 35.5 Å². The van der Waals surface area contributed by atoms with E-state index in [1.807, 2.05) is 75.4 Å². The summed E-state index contributed by atoms with van der Waals surface area (Å²) < 4.78 is 5.75. The lowest BCUT2D eigenvalue weighted by atomic mass is 10.1. The average Bonchev–Trinajstić information content (AvgIpc) is 2.82. The molecule has 1 amide bonds. The fourth-order valence-corrected chi connectivity index (χ4v) is 3.41. The van der Waals surface area contributed by atoms with Crippen molar-refractivity contribution in [2.45, 2.75) is 20.8 Å². The number of nitrogens with zero attached hydrogens (tertiary/aromatic N) is 3. The lowest BCUT2D eigenvalue weighted by Crippen LogP contribution is -2.20. The van der Waals surface area contributed by atoms with Crippen LogP contribution < -0.4 is 15.4 Å². The zero-order valence-corrected chi connectivity index (χ0v) is 18.8. The van der Waals surface area contributed by atoms with Crippen molar-refractivity contribution < 1.29 is 9.53 Å². The largest absolute Gasteiger partial charge is 0.483 e. The molecule has 0 spiro atoms. The third-order valence-electron chi connectivity index (χ3n) is 5.14. The molecule has 4 aromatic rings. The molecule has 7 nitrogen and oxygen atoms in total. The van der Waals surface area contributed by atoms with Crippen LogP contribution in [0.1, 0.15) is 16.7 Å². The molecule has 0 unspecified atom stereocenters. The number of carbonyl (C=O) groups is 1. The summed E-state index contributed by atoms with van der Waals surface area (Å²) in [7, 11) is 0. The summed E-state index contributed by atoms with van der Waals surface area (Å²) in [6.45, 7) is 5.83. The topological polar surface area (TPSA) is 89.0 Å². The van der Waals surface area contributed by atoms with Crippen molar-refractivity contribution in [3.05, 3.63) is 89.9 Å². The van der Waals surface area contributed by atoms with Crippen LogP contribution >= 0.6 is 0 Å². The van der Waals surface area contributed by atoms with Gasteiger partial charge in [0.2, 0.25) is 5.95 Å². The minimum atomic E-state index is -0.234. The predicted molar refractivity (Wildman–Crippen MR) is 130 cm³/mol. The highest BCUT2D eigenvalue weighted by Crippen LogP contribution is 2.25. The molecule has 7 heteroatoms. The van der Waals surface area contributed by atoms with Crippen LogP contribution in [0.15, 0.2) is 73.2 Å². The number of aromatic nitrogens is 3. The van der Waals surface area contributed by atoms with Gasteiger partial charge in [0.05, 0.1) is 5.69 Å². The van der Waals surface area contributed by atoms with Crippen LogP contribution in [0.3, 0.4) is 0 Å². The van der Waals surface area contributed by atoms with Gasteiger partial charge >= 0.3 is 0 Å². The van der Waals surface area contributed by atoms with E-state index in [-0.39, 0.29) is 12.5 Å². The van der Waals surface area contributed by atoms with Crippen LogP contribution in [0, 0.1) is 20.8 Å². The predicted octanol–water partition coefficient (Wildman–Crippen LogP) is 5.22. The van der Waals surface area contributed by atoms with Gasteiger partial charge in [-0.2, -0.15) is 0 Å². The van der Waals surface area contributed by atoms with Crippen LogP contribution in [0.4, 0.5) is 17.3 Å². The Hall–Kier alpha value is -4.26. The summed E-state index contributed by atoms with van der Waals surface area (Å²) in [5.74, 6) is 0.966. The fraction of sp³-hybridized carbons (Fsp3) is 0.154. The first-order valence-electron chi connectivity index (χ1n) is 10.6. The number of rotatable bonds is 7. The maximum atomic E-state index is 12.5. The van der Waals surface area contributed by atoms with E-state index < -0.39 is 0 Å². The van der Waals surface area contributed by atoms with Crippen LogP contribution in [-0.4, -0.2) is 27.5 Å². The number of carbonyl (C=O) groups excluding carboxylic acids is 1. The zero-order chi connectivity index (χ0) is 23.2. The van der Waals surface area contributed by atoms with Gasteiger partial charge in [0.25, 0.3) is 5.91 Å². The molecule has 0 aliphatic carbocycles. The zero-order valence-electron chi connectivity index (χ0n) is 18.8. The van der Waals surface area contributed by atoms with Gasteiger partial charge in [-0.05, 0) is 67.8 Å². The smallest absolute Gasteiger partial charge is 0.262 e. The quantitative estimate of drug-likeness (QED) is 0.410. The summed E-state index contributed by atoms with van der Waals surface area (Å²) in [5.41, 5.74) is 6.12. The highest BCUT2D eigenvalue weighted by atomic mass is 16.5. The van der Waals surface area contributed by atoms with E-state index in [0.717, 1.165) is 39.4 Å². The molecule has 0 saturated heterocycles. The number of para-hydroxylation sites is 1. The van der Waals surface area contributed by atoms with Crippen LogP contribution in [-0.2, 0) is 4.79 Å². The molecule has 0 bridgehead atoms. The summed E-state index contributed by atoms with van der Waals surface area (Å²) in [5, 5.41) is 6.13. The molecule has 2 aromatic heterocycles. The Morgan fingerprint density at radius 2 is 1.76 bits per heavy atom. The number of anilines is 3. The van der Waals surface area contributed by atoms with E-state index in [1.54, 1.807) is 18.6 Å². The van der Waals surface area contributed by atoms with E-state index in [9.17, 15) is 4.79 Å². The number of amides is 1. The standard InChI is InChI=1S/C26H25N5O2/c1-17-9-10-21(29-24(32)16-33-25-18(2)6-4-7-19(25)3)14-23(17)31-26-28-13-11-22(30-26)20-8-5-12-27-15-20/h4-15H,16H2,1-3H3,(H,29,32)(H,28,30,31). The molecule has 2 heterocycles. The Morgan fingerprint density at radius 3 is 2.52 bits per heavy atom. The SMILES string of the molecule is Cc1ccc(NC(=O)COc2c(C)cccc2C)cc1Nc1nccc(-c2cccnc2)n1. The van der Waals surface area contributed by atoms with Crippen molar-refractivity contribution in [1.82, 2.24) is 15.0 Å². The first-order chi connectivity index (χ1) is 16.0. The Bertz CT molecular complexity index is 1250. The van der Waals surface area contributed by atoms with E-state index in [4.69, 9.17) is 4.74 Å². The van der Waals surface area contributed by atoms with E-state index in [2.05, 4.69) is 25.6 Å². The molecule has 0 aliphatic heterocycles. The fourth-order valence-electron chi connectivity index (χ4n) is 3.41. The molecule has 0 radical (unpaired) electrons. The van der Waals surface area contributed by atoms with Gasteiger partial charge in [0.1, 0.15) is 5.75 Å². The molecule has 4 rings (SSSR count). The Labute approximate surface area is 192 Å². The van der Waals surface area contributed by atoms with E-state index in [1.165, 1.54) is 0 Å². The summed E-state index contributed by atoms with van der Waals surface area (Å²) in [6.07, 6.45) is 5.18. The second kappa shape index (κ2) is 9.91. The first kappa shape index (κ1) is 22.0. The Morgan fingerprint density at radius 1 is 0.939 bits per heavy atom. The summed E-state index contributed by atoms with van der Waals surface area (Å²) >= 11 is 0. The van der Waals surface area contributed by atoms with Gasteiger partial charge in [-0.1, -0.05) is 24.3 Å². The number of pyridine rings is 1. The second-order valence-corrected chi connectivity index (χ2v) is 7.72. The third-order valence-corrected chi connectivity index (χ3v) is 5.14. The highest BCUT2D eigenvalue weighted by molar-refractivity contribution is 5.92. The van der Waals surface area contributed by atoms with Gasteiger partial charge in [-0.15, -0.1) is 0 Å².